The number of nitrogens with zero attached hydrogens (tertiary/aromatic N) is 1. The third-order valence-corrected chi connectivity index (χ3v) is 2.89. The first kappa shape index (κ1) is 16.6. The normalized spacial score (nSPS) is 9.95. The standard InChI is InChI=1S/C14H18N2O5/c1-21-13(17)8-3-2-4-9-15-14(18)11-6-5-7-12(10-11)16(19)20/h5-7,10H,2-4,8-9H2,1H3,(H,15,18). The molecule has 0 unspecified atom stereocenters. The lowest BCUT2D eigenvalue weighted by Gasteiger charge is -2.05. The van der Waals surface area contributed by atoms with Gasteiger partial charge in [-0.3, -0.25) is 19.7 Å². The lowest BCUT2D eigenvalue weighted by atomic mass is 10.1. The molecule has 1 N–H and O–H groups in total. The van der Waals surface area contributed by atoms with Crippen molar-refractivity contribution in [2.75, 3.05) is 13.7 Å². The minimum Gasteiger partial charge on any atom is -0.469 e. The minimum atomic E-state index is -0.538. The van der Waals surface area contributed by atoms with E-state index in [1.807, 2.05) is 0 Å². The van der Waals surface area contributed by atoms with Crippen LogP contribution in [-0.4, -0.2) is 30.5 Å². The summed E-state index contributed by atoms with van der Waals surface area (Å²) in [6.07, 6.45) is 2.61. The van der Waals surface area contributed by atoms with Crippen molar-refractivity contribution in [3.8, 4) is 0 Å². The summed E-state index contributed by atoms with van der Waals surface area (Å²) in [6.45, 7) is 0.461. The Labute approximate surface area is 122 Å². The highest BCUT2D eigenvalue weighted by molar-refractivity contribution is 5.94. The second-order valence-corrected chi connectivity index (χ2v) is 4.45. The van der Waals surface area contributed by atoms with Crippen LogP contribution in [0.25, 0.3) is 0 Å². The fourth-order valence-corrected chi connectivity index (χ4v) is 1.74. The highest BCUT2D eigenvalue weighted by atomic mass is 16.6. The van der Waals surface area contributed by atoms with Gasteiger partial charge in [-0.2, -0.15) is 0 Å². The molecule has 114 valence electrons. The molecule has 0 radical (unpaired) electrons. The highest BCUT2D eigenvalue weighted by Crippen LogP contribution is 2.12. The van der Waals surface area contributed by atoms with Gasteiger partial charge in [-0.05, 0) is 18.9 Å². The number of non-ortho nitro benzene ring substituents is 1. The molecule has 0 atom stereocenters. The van der Waals surface area contributed by atoms with Crippen molar-refractivity contribution in [3.63, 3.8) is 0 Å². The summed E-state index contributed by atoms with van der Waals surface area (Å²) in [7, 11) is 1.35. The quantitative estimate of drug-likeness (QED) is 0.342. The summed E-state index contributed by atoms with van der Waals surface area (Å²) in [5, 5.41) is 13.3. The topological polar surface area (TPSA) is 98.5 Å². The van der Waals surface area contributed by atoms with Gasteiger partial charge in [0.25, 0.3) is 11.6 Å². The SMILES string of the molecule is COC(=O)CCCCCNC(=O)c1cccc([N+](=O)[O-])c1. The van der Waals surface area contributed by atoms with Crippen LogP contribution in [0, 0.1) is 10.1 Å². The number of benzene rings is 1. The summed E-state index contributed by atoms with van der Waals surface area (Å²) in [5.74, 6) is -0.581. The summed E-state index contributed by atoms with van der Waals surface area (Å²) in [4.78, 5) is 32.8. The van der Waals surface area contributed by atoms with Gasteiger partial charge in [0.2, 0.25) is 0 Å². The largest absolute Gasteiger partial charge is 0.469 e. The van der Waals surface area contributed by atoms with Gasteiger partial charge in [0.05, 0.1) is 12.0 Å². The number of carbonyl (C=O) groups is 2. The van der Waals surface area contributed by atoms with Crippen LogP contribution >= 0.6 is 0 Å². The summed E-state index contributed by atoms with van der Waals surface area (Å²) in [5.41, 5.74) is 0.152. The number of carbonyl (C=O) groups excluding carboxylic acids is 2. The maximum absolute atomic E-state index is 11.8. The van der Waals surface area contributed by atoms with Crippen LogP contribution in [0.15, 0.2) is 24.3 Å². The molecule has 0 aliphatic carbocycles. The maximum atomic E-state index is 11.8. The first-order valence-electron chi connectivity index (χ1n) is 6.64. The molecule has 0 fully saturated rings. The average Bonchev–Trinajstić information content (AvgIpc) is 2.50. The molecule has 1 aromatic carbocycles. The van der Waals surface area contributed by atoms with Gasteiger partial charge in [-0.25, -0.2) is 0 Å². The van der Waals surface area contributed by atoms with Crippen molar-refractivity contribution in [1.82, 2.24) is 5.32 Å². The van der Waals surface area contributed by atoms with Crippen LogP contribution in [0.3, 0.4) is 0 Å². The lowest BCUT2D eigenvalue weighted by molar-refractivity contribution is -0.384. The molecule has 0 aliphatic heterocycles. The Morgan fingerprint density at radius 3 is 2.71 bits per heavy atom. The molecule has 7 heteroatoms. The zero-order chi connectivity index (χ0) is 15.7. The van der Waals surface area contributed by atoms with Gasteiger partial charge in [-0.15, -0.1) is 0 Å². The van der Waals surface area contributed by atoms with E-state index < -0.39 is 4.92 Å². The van der Waals surface area contributed by atoms with E-state index in [2.05, 4.69) is 10.1 Å². The van der Waals surface area contributed by atoms with Crippen molar-refractivity contribution in [1.29, 1.82) is 0 Å². The molecule has 0 heterocycles. The van der Waals surface area contributed by atoms with Crippen molar-refractivity contribution < 1.29 is 19.2 Å². The van der Waals surface area contributed by atoms with Gasteiger partial charge in [-0.1, -0.05) is 12.5 Å². The Morgan fingerprint density at radius 1 is 1.29 bits per heavy atom. The number of hydrogen-bond acceptors (Lipinski definition) is 5. The van der Waals surface area contributed by atoms with Crippen molar-refractivity contribution in [2.24, 2.45) is 0 Å². The van der Waals surface area contributed by atoms with E-state index in [1.165, 1.54) is 31.4 Å². The van der Waals surface area contributed by atoms with Gasteiger partial charge >= 0.3 is 5.97 Å². The minimum absolute atomic E-state index is 0.110. The number of unbranched alkanes of at least 4 members (excludes halogenated alkanes) is 2. The number of esters is 1. The Morgan fingerprint density at radius 2 is 2.05 bits per heavy atom. The number of nitro groups is 1. The summed E-state index contributed by atoms with van der Waals surface area (Å²) in [6, 6.07) is 5.58. The van der Waals surface area contributed by atoms with Crippen LogP contribution in [0.4, 0.5) is 5.69 Å². The third kappa shape index (κ3) is 6.03. The zero-order valence-electron chi connectivity index (χ0n) is 11.8. The van der Waals surface area contributed by atoms with E-state index >= 15 is 0 Å². The molecule has 0 saturated heterocycles. The molecule has 0 aromatic heterocycles. The van der Waals surface area contributed by atoms with E-state index in [4.69, 9.17) is 0 Å². The number of rotatable bonds is 8. The van der Waals surface area contributed by atoms with E-state index in [-0.39, 0.29) is 23.1 Å². The number of hydrogen-bond donors (Lipinski definition) is 1. The number of methoxy groups -OCH3 is 1. The van der Waals surface area contributed by atoms with Gasteiger partial charge in [0.15, 0.2) is 0 Å². The number of amides is 1. The fourth-order valence-electron chi connectivity index (χ4n) is 1.74. The Balaban J connectivity index is 2.29. The summed E-state index contributed by atoms with van der Waals surface area (Å²) >= 11 is 0. The smallest absolute Gasteiger partial charge is 0.305 e. The summed E-state index contributed by atoms with van der Waals surface area (Å²) < 4.78 is 4.52. The lowest BCUT2D eigenvalue weighted by Crippen LogP contribution is -2.24. The monoisotopic (exact) mass is 294 g/mol. The fraction of sp³-hybridized carbons (Fsp3) is 0.429. The van der Waals surface area contributed by atoms with Gasteiger partial charge < -0.3 is 10.1 Å². The first-order chi connectivity index (χ1) is 10.0. The Bertz CT molecular complexity index is 516. The van der Waals surface area contributed by atoms with E-state index in [0.29, 0.717) is 19.4 Å². The molecular weight excluding hydrogens is 276 g/mol. The van der Waals surface area contributed by atoms with Crippen LogP contribution < -0.4 is 5.32 Å². The van der Waals surface area contributed by atoms with E-state index in [9.17, 15) is 19.7 Å². The van der Waals surface area contributed by atoms with Crippen LogP contribution in [0.2, 0.25) is 0 Å². The van der Waals surface area contributed by atoms with Gasteiger partial charge in [0.1, 0.15) is 0 Å². The molecule has 0 bridgehead atoms. The van der Waals surface area contributed by atoms with Crippen molar-refractivity contribution in [3.05, 3.63) is 39.9 Å². The van der Waals surface area contributed by atoms with Crippen molar-refractivity contribution in [2.45, 2.75) is 25.7 Å². The molecule has 7 nitrogen and oxygen atoms in total. The number of nitrogens with one attached hydrogen (secondary N) is 1. The predicted molar refractivity (Wildman–Crippen MR) is 75.9 cm³/mol. The number of nitro benzene ring substituents is 1. The molecular formula is C14H18N2O5. The van der Waals surface area contributed by atoms with E-state index in [1.54, 1.807) is 0 Å². The molecule has 21 heavy (non-hydrogen) atoms. The molecule has 1 amide bonds. The second kappa shape index (κ2) is 8.68. The zero-order valence-corrected chi connectivity index (χ0v) is 11.8. The molecule has 0 aliphatic rings. The third-order valence-electron chi connectivity index (χ3n) is 2.89. The Hall–Kier alpha value is -2.44. The van der Waals surface area contributed by atoms with Crippen LogP contribution in [-0.2, 0) is 9.53 Å². The van der Waals surface area contributed by atoms with Crippen LogP contribution in [0.5, 0.6) is 0 Å². The highest BCUT2D eigenvalue weighted by Gasteiger charge is 2.10. The maximum Gasteiger partial charge on any atom is 0.305 e. The van der Waals surface area contributed by atoms with Gasteiger partial charge in [0, 0.05) is 30.7 Å². The van der Waals surface area contributed by atoms with Crippen LogP contribution in [0.1, 0.15) is 36.0 Å². The molecule has 0 saturated carbocycles. The molecule has 1 aromatic rings. The molecule has 1 rings (SSSR count). The molecule has 0 spiro atoms. The average molecular weight is 294 g/mol. The number of ether oxygens (including phenoxy) is 1. The Kier molecular flexibility index (Phi) is 6.86. The van der Waals surface area contributed by atoms with E-state index in [0.717, 1.165) is 12.8 Å². The predicted octanol–water partition coefficient (Wildman–Crippen LogP) is 2.06. The van der Waals surface area contributed by atoms with Crippen molar-refractivity contribution >= 4 is 17.6 Å². The first-order valence-corrected chi connectivity index (χ1v) is 6.64. The second-order valence-electron chi connectivity index (χ2n) is 4.45.